The molecule has 25 heavy (non-hydrogen) atoms. The van der Waals surface area contributed by atoms with Crippen LogP contribution < -0.4 is 5.32 Å². The minimum Gasteiger partial charge on any atom is -0.480 e. The number of carbonyl (C=O) groups excluding carboxylic acids is 1. The van der Waals surface area contributed by atoms with Crippen LogP contribution >= 0.6 is 0 Å². The van der Waals surface area contributed by atoms with Crippen LogP contribution in [-0.2, 0) is 9.53 Å². The summed E-state index contributed by atoms with van der Waals surface area (Å²) in [5, 5.41) is 11.9. The maximum Gasteiger partial charge on any atom is 0.317 e. The van der Waals surface area contributed by atoms with Gasteiger partial charge in [0.05, 0.1) is 19.3 Å². The van der Waals surface area contributed by atoms with Crippen LogP contribution in [0.3, 0.4) is 0 Å². The topological polar surface area (TPSA) is 82.1 Å². The summed E-state index contributed by atoms with van der Waals surface area (Å²) < 4.78 is 5.67. The molecular weight excluding hydrogens is 322 g/mol. The average molecular weight is 351 g/mol. The van der Waals surface area contributed by atoms with Gasteiger partial charge < -0.3 is 20.1 Å². The molecule has 1 heterocycles. The Morgan fingerprint density at radius 3 is 2.88 bits per heavy atom. The number of nitrogens with one attached hydrogen (secondary N) is 1. The molecule has 2 aliphatic carbocycles. The summed E-state index contributed by atoms with van der Waals surface area (Å²) in [7, 11) is 1.75. The van der Waals surface area contributed by atoms with Crippen LogP contribution in [0.15, 0.2) is 12.2 Å². The Bertz CT molecular complexity index is 524. The predicted molar refractivity (Wildman–Crippen MR) is 93.3 cm³/mol. The molecule has 4 atom stereocenters. The molecule has 2 unspecified atom stereocenters. The highest BCUT2D eigenvalue weighted by molar-refractivity contribution is 5.74. The van der Waals surface area contributed by atoms with Crippen molar-refractivity contribution in [3.8, 4) is 0 Å². The number of amides is 2. The first kappa shape index (κ1) is 18.2. The summed E-state index contributed by atoms with van der Waals surface area (Å²) in [5.41, 5.74) is 0. The lowest BCUT2D eigenvalue weighted by Crippen LogP contribution is -2.52. The van der Waals surface area contributed by atoms with E-state index in [4.69, 9.17) is 9.84 Å². The molecule has 140 valence electrons. The second kappa shape index (κ2) is 8.19. The summed E-state index contributed by atoms with van der Waals surface area (Å²) >= 11 is 0. The largest absolute Gasteiger partial charge is 0.480 e. The number of morpholine rings is 1. The third-order valence-corrected chi connectivity index (χ3v) is 5.55. The van der Waals surface area contributed by atoms with Crippen molar-refractivity contribution in [3.05, 3.63) is 12.2 Å². The Labute approximate surface area is 149 Å². The summed E-state index contributed by atoms with van der Waals surface area (Å²) in [4.78, 5) is 26.6. The van der Waals surface area contributed by atoms with Crippen molar-refractivity contribution >= 4 is 12.0 Å². The highest BCUT2D eigenvalue weighted by Crippen LogP contribution is 2.44. The molecule has 0 aromatic rings. The van der Waals surface area contributed by atoms with E-state index in [0.29, 0.717) is 26.2 Å². The van der Waals surface area contributed by atoms with Gasteiger partial charge in [-0.25, -0.2) is 4.79 Å². The number of hydrogen-bond acceptors (Lipinski definition) is 4. The molecule has 0 aromatic carbocycles. The monoisotopic (exact) mass is 351 g/mol. The molecule has 7 nitrogen and oxygen atoms in total. The van der Waals surface area contributed by atoms with Crippen molar-refractivity contribution in [3.63, 3.8) is 0 Å². The molecule has 7 heteroatoms. The predicted octanol–water partition coefficient (Wildman–Crippen LogP) is 1.02. The van der Waals surface area contributed by atoms with Crippen molar-refractivity contribution in [2.24, 2.45) is 17.8 Å². The molecule has 1 aliphatic heterocycles. The van der Waals surface area contributed by atoms with Gasteiger partial charge in [0.1, 0.15) is 0 Å². The van der Waals surface area contributed by atoms with Crippen LogP contribution in [0.1, 0.15) is 19.3 Å². The van der Waals surface area contributed by atoms with Crippen LogP contribution in [0.25, 0.3) is 0 Å². The molecule has 2 fully saturated rings. The fourth-order valence-electron chi connectivity index (χ4n) is 4.36. The van der Waals surface area contributed by atoms with E-state index in [0.717, 1.165) is 30.7 Å². The zero-order valence-corrected chi connectivity index (χ0v) is 14.9. The Morgan fingerprint density at radius 2 is 2.20 bits per heavy atom. The van der Waals surface area contributed by atoms with Gasteiger partial charge in [-0.2, -0.15) is 0 Å². The number of nitrogens with zero attached hydrogens (tertiary/aromatic N) is 2. The second-order valence-electron chi connectivity index (χ2n) is 7.59. The summed E-state index contributed by atoms with van der Waals surface area (Å²) in [6.07, 6.45) is 8.17. The highest BCUT2D eigenvalue weighted by atomic mass is 16.5. The van der Waals surface area contributed by atoms with Crippen LogP contribution in [0.4, 0.5) is 4.79 Å². The van der Waals surface area contributed by atoms with Crippen LogP contribution in [0, 0.1) is 17.8 Å². The van der Waals surface area contributed by atoms with Gasteiger partial charge in [0.15, 0.2) is 0 Å². The maximum atomic E-state index is 12.4. The van der Waals surface area contributed by atoms with Crippen LogP contribution in [-0.4, -0.2) is 79.4 Å². The zero-order valence-electron chi connectivity index (χ0n) is 14.9. The van der Waals surface area contributed by atoms with E-state index in [1.165, 1.54) is 12.8 Å². The van der Waals surface area contributed by atoms with E-state index in [-0.39, 0.29) is 18.7 Å². The first-order valence-corrected chi connectivity index (χ1v) is 9.24. The van der Waals surface area contributed by atoms with Crippen LogP contribution in [0.5, 0.6) is 0 Å². The van der Waals surface area contributed by atoms with Crippen molar-refractivity contribution in [2.45, 2.75) is 25.4 Å². The normalized spacial score (nSPS) is 30.9. The third kappa shape index (κ3) is 4.95. The number of likely N-dealkylation sites (N-methyl/N-ethyl adjacent to an activating group) is 1. The van der Waals surface area contributed by atoms with E-state index in [2.05, 4.69) is 17.5 Å². The number of ether oxygens (including phenoxy) is 1. The number of carboxylic acid groups (broad SMARTS) is 1. The van der Waals surface area contributed by atoms with Crippen molar-refractivity contribution in [2.75, 3.05) is 46.4 Å². The molecule has 2 amide bonds. The van der Waals surface area contributed by atoms with Gasteiger partial charge in [0, 0.05) is 26.2 Å². The molecule has 0 radical (unpaired) electrons. The number of urea groups is 1. The number of carbonyl (C=O) groups is 2. The van der Waals surface area contributed by atoms with Gasteiger partial charge in [-0.15, -0.1) is 0 Å². The van der Waals surface area contributed by atoms with Crippen LogP contribution in [0.2, 0.25) is 0 Å². The number of aliphatic carboxylic acids is 1. The molecule has 2 bridgehead atoms. The number of rotatable bonds is 7. The lowest BCUT2D eigenvalue weighted by atomic mass is 9.91. The third-order valence-electron chi connectivity index (χ3n) is 5.55. The number of allylic oxidation sites excluding steroid dienone is 2. The van der Waals surface area contributed by atoms with Crippen molar-refractivity contribution in [1.29, 1.82) is 0 Å². The quantitative estimate of drug-likeness (QED) is 0.669. The number of carboxylic acids is 1. The first-order chi connectivity index (χ1) is 12.0. The van der Waals surface area contributed by atoms with Gasteiger partial charge in [0.25, 0.3) is 0 Å². The summed E-state index contributed by atoms with van der Waals surface area (Å²) in [6, 6.07) is -0.0344. The van der Waals surface area contributed by atoms with E-state index >= 15 is 0 Å². The van der Waals surface area contributed by atoms with Gasteiger partial charge >= 0.3 is 12.0 Å². The standard InChI is InChI=1S/C18H29N3O4/c1-20(12-17(22)23)10-16-11-21(6-7-25-16)18(24)19-5-4-15-9-13-2-3-14(15)8-13/h2-3,13-16H,4-12H2,1H3,(H,19,24)(H,22,23)/t13-,14+,15?,16?/m1/s1. The summed E-state index contributed by atoms with van der Waals surface area (Å²) in [5.74, 6) is 1.36. The minimum absolute atomic E-state index is 0.0238. The van der Waals surface area contributed by atoms with Crippen molar-refractivity contribution in [1.82, 2.24) is 15.1 Å². The van der Waals surface area contributed by atoms with E-state index in [1.807, 2.05) is 0 Å². The van der Waals surface area contributed by atoms with Gasteiger partial charge in [0.2, 0.25) is 0 Å². The SMILES string of the molecule is CN(CC(=O)O)CC1CN(C(=O)NCCC2C[C@@H]3C=C[C@H]2C3)CCO1. The number of hydrogen-bond donors (Lipinski definition) is 2. The smallest absolute Gasteiger partial charge is 0.317 e. The average Bonchev–Trinajstić information content (AvgIpc) is 3.17. The zero-order chi connectivity index (χ0) is 17.8. The van der Waals surface area contributed by atoms with E-state index < -0.39 is 5.97 Å². The minimum atomic E-state index is -0.858. The molecule has 2 N–H and O–H groups in total. The fraction of sp³-hybridized carbons (Fsp3) is 0.778. The van der Waals surface area contributed by atoms with Gasteiger partial charge in [-0.3, -0.25) is 9.69 Å². The molecule has 1 saturated carbocycles. The number of fused-ring (bicyclic) bond motifs is 2. The fourth-order valence-corrected chi connectivity index (χ4v) is 4.36. The molecule has 3 rings (SSSR count). The Kier molecular flexibility index (Phi) is 5.96. The van der Waals surface area contributed by atoms with E-state index in [1.54, 1.807) is 16.8 Å². The molecular formula is C18H29N3O4. The molecule has 1 saturated heterocycles. The van der Waals surface area contributed by atoms with Gasteiger partial charge in [-0.05, 0) is 44.1 Å². The first-order valence-electron chi connectivity index (χ1n) is 9.24. The maximum absolute atomic E-state index is 12.4. The Balaban J connectivity index is 1.36. The van der Waals surface area contributed by atoms with Crippen molar-refractivity contribution < 1.29 is 19.4 Å². The lowest BCUT2D eigenvalue weighted by molar-refractivity contribution is -0.138. The Morgan fingerprint density at radius 1 is 1.36 bits per heavy atom. The highest BCUT2D eigenvalue weighted by Gasteiger charge is 2.35. The van der Waals surface area contributed by atoms with Gasteiger partial charge in [-0.1, -0.05) is 12.2 Å². The molecule has 0 spiro atoms. The second-order valence-corrected chi connectivity index (χ2v) is 7.59. The van der Waals surface area contributed by atoms with E-state index in [9.17, 15) is 9.59 Å². The molecule has 0 aromatic heterocycles. The Hall–Kier alpha value is -1.60. The molecule has 3 aliphatic rings. The lowest BCUT2D eigenvalue weighted by Gasteiger charge is -2.34. The summed E-state index contributed by atoms with van der Waals surface area (Å²) in [6.45, 7) is 2.80.